The smallest absolute Gasteiger partial charge is 0.311 e. The summed E-state index contributed by atoms with van der Waals surface area (Å²) in [6, 6.07) is 0. The van der Waals surface area contributed by atoms with Gasteiger partial charge in [-0.3, -0.25) is 14.4 Å². The lowest BCUT2D eigenvalue weighted by atomic mass is 9.94. The molecule has 0 saturated carbocycles. The van der Waals surface area contributed by atoms with Gasteiger partial charge in [0, 0.05) is 0 Å². The number of carbonyl (C=O) groups is 3. The van der Waals surface area contributed by atoms with Crippen molar-refractivity contribution in [2.24, 2.45) is 16.2 Å². The minimum atomic E-state index is -1.70. The Labute approximate surface area is 178 Å². The van der Waals surface area contributed by atoms with E-state index in [9.17, 15) is 24.6 Å². The van der Waals surface area contributed by atoms with Crippen LogP contribution in [0, 0.1) is 16.2 Å². The summed E-state index contributed by atoms with van der Waals surface area (Å²) < 4.78 is 21.3. The molecule has 0 radical (unpaired) electrons. The zero-order chi connectivity index (χ0) is 23.7. The summed E-state index contributed by atoms with van der Waals surface area (Å²) >= 11 is 0. The number of hydrogen-bond acceptors (Lipinski definition) is 9. The molecular weight excluding hydrogens is 396 g/mol. The fourth-order valence-electron chi connectivity index (χ4n) is 2.28. The number of aliphatic hydroxyl groups excluding tert-OH is 2. The summed E-state index contributed by atoms with van der Waals surface area (Å²) in [5, 5.41) is 21.2. The molecule has 5 atom stereocenters. The zero-order valence-electron chi connectivity index (χ0n) is 19.3. The molecule has 9 nitrogen and oxygen atoms in total. The molecule has 9 heteroatoms. The van der Waals surface area contributed by atoms with Crippen LogP contribution in [0.1, 0.15) is 62.3 Å². The Morgan fingerprint density at radius 2 is 1.13 bits per heavy atom. The van der Waals surface area contributed by atoms with Crippen molar-refractivity contribution in [3.8, 4) is 0 Å². The highest BCUT2D eigenvalue weighted by Crippen LogP contribution is 2.30. The number of aliphatic hydroxyl groups is 2. The van der Waals surface area contributed by atoms with Crippen LogP contribution in [-0.4, -0.2) is 65.4 Å². The summed E-state index contributed by atoms with van der Waals surface area (Å²) in [7, 11) is 0. The van der Waals surface area contributed by atoms with Gasteiger partial charge in [0.25, 0.3) is 0 Å². The van der Waals surface area contributed by atoms with Crippen LogP contribution in [0.3, 0.4) is 0 Å². The molecule has 5 unspecified atom stereocenters. The lowest BCUT2D eigenvalue weighted by molar-refractivity contribution is -0.297. The van der Waals surface area contributed by atoms with Crippen LogP contribution in [-0.2, 0) is 33.3 Å². The maximum absolute atomic E-state index is 12.4. The molecule has 0 aromatic heterocycles. The van der Waals surface area contributed by atoms with Gasteiger partial charge in [0.05, 0.1) is 16.2 Å². The van der Waals surface area contributed by atoms with Gasteiger partial charge < -0.3 is 29.2 Å². The van der Waals surface area contributed by atoms with Crippen molar-refractivity contribution in [1.29, 1.82) is 0 Å². The van der Waals surface area contributed by atoms with E-state index in [1.54, 1.807) is 62.3 Å². The highest BCUT2D eigenvalue weighted by molar-refractivity contribution is 5.77. The Hall–Kier alpha value is -1.71. The maximum Gasteiger partial charge on any atom is 0.311 e. The number of esters is 3. The average Bonchev–Trinajstić information content (AvgIpc) is 2.56. The molecule has 0 bridgehead atoms. The first-order chi connectivity index (χ1) is 13.4. The van der Waals surface area contributed by atoms with Gasteiger partial charge in [-0.25, -0.2) is 0 Å². The van der Waals surface area contributed by atoms with Gasteiger partial charge in [0.15, 0.2) is 18.5 Å². The van der Waals surface area contributed by atoms with Crippen LogP contribution in [0.2, 0.25) is 0 Å². The predicted molar refractivity (Wildman–Crippen MR) is 106 cm³/mol. The molecule has 174 valence electrons. The van der Waals surface area contributed by atoms with E-state index in [1.807, 2.05) is 0 Å². The normalized spacial score (nSPS) is 27.9. The van der Waals surface area contributed by atoms with Crippen molar-refractivity contribution in [2.75, 3.05) is 6.61 Å². The van der Waals surface area contributed by atoms with Crippen molar-refractivity contribution in [2.45, 2.75) is 93.0 Å². The molecule has 0 aromatic rings. The van der Waals surface area contributed by atoms with Crippen molar-refractivity contribution in [3.63, 3.8) is 0 Å². The monoisotopic (exact) mass is 432 g/mol. The minimum absolute atomic E-state index is 0.377. The topological polar surface area (TPSA) is 129 Å². The summed E-state index contributed by atoms with van der Waals surface area (Å²) in [6.45, 7) is 14.3. The van der Waals surface area contributed by atoms with Gasteiger partial charge in [-0.05, 0) is 62.3 Å². The number of hydrogen-bond donors (Lipinski definition) is 2. The van der Waals surface area contributed by atoms with Crippen molar-refractivity contribution < 1.29 is 43.5 Å². The van der Waals surface area contributed by atoms with Crippen molar-refractivity contribution in [3.05, 3.63) is 0 Å². The molecule has 1 aliphatic rings. The van der Waals surface area contributed by atoms with Crippen LogP contribution in [0.25, 0.3) is 0 Å². The molecule has 1 rings (SSSR count). The Kier molecular flexibility index (Phi) is 8.07. The van der Waals surface area contributed by atoms with E-state index in [0.29, 0.717) is 0 Å². The Morgan fingerprint density at radius 3 is 1.53 bits per heavy atom. The SMILES string of the molecule is CC(C)(C)C(=O)OCC1OC(O)C(OC(=O)C(C)(C)C)C(OC(=O)C(C)(C)C)C1O. The van der Waals surface area contributed by atoms with Crippen LogP contribution in [0.15, 0.2) is 0 Å². The van der Waals surface area contributed by atoms with Gasteiger partial charge in [0.2, 0.25) is 0 Å². The third kappa shape index (κ3) is 6.92. The Balaban J connectivity index is 3.09. The standard InChI is InChI=1S/C21H36O9/c1-19(2,3)16(24)27-10-11-12(22)13(29-17(25)20(4,5)6)14(15(23)28-11)30-18(26)21(7,8)9/h11-15,22-23H,10H2,1-9H3. The molecule has 1 saturated heterocycles. The van der Waals surface area contributed by atoms with Crippen molar-refractivity contribution >= 4 is 17.9 Å². The van der Waals surface area contributed by atoms with Gasteiger partial charge >= 0.3 is 17.9 Å². The van der Waals surface area contributed by atoms with Crippen LogP contribution < -0.4 is 0 Å². The number of ether oxygens (including phenoxy) is 4. The quantitative estimate of drug-likeness (QED) is 0.502. The predicted octanol–water partition coefficient (Wildman–Crippen LogP) is 1.57. The number of rotatable bonds is 4. The Bertz CT molecular complexity index is 636. The van der Waals surface area contributed by atoms with E-state index in [1.165, 1.54) is 0 Å². The van der Waals surface area contributed by atoms with Crippen LogP contribution in [0.5, 0.6) is 0 Å². The van der Waals surface area contributed by atoms with Gasteiger partial charge in [-0.2, -0.15) is 0 Å². The summed E-state index contributed by atoms with van der Waals surface area (Å²) in [5.74, 6) is -1.86. The molecule has 0 spiro atoms. The first kappa shape index (κ1) is 26.3. The van der Waals surface area contributed by atoms with E-state index in [4.69, 9.17) is 18.9 Å². The van der Waals surface area contributed by atoms with Gasteiger partial charge in [-0.15, -0.1) is 0 Å². The van der Waals surface area contributed by atoms with Crippen LogP contribution in [0.4, 0.5) is 0 Å². The second-order valence-electron chi connectivity index (χ2n) is 10.6. The minimum Gasteiger partial charge on any atom is -0.462 e. The highest BCUT2D eigenvalue weighted by Gasteiger charge is 2.51. The van der Waals surface area contributed by atoms with Gasteiger partial charge in [-0.1, -0.05) is 0 Å². The molecule has 1 fully saturated rings. The lowest BCUT2D eigenvalue weighted by Gasteiger charge is -2.42. The summed E-state index contributed by atoms with van der Waals surface area (Å²) in [6.07, 6.45) is -7.26. The summed E-state index contributed by atoms with van der Waals surface area (Å²) in [4.78, 5) is 36.8. The van der Waals surface area contributed by atoms with Crippen LogP contribution >= 0.6 is 0 Å². The van der Waals surface area contributed by atoms with E-state index in [0.717, 1.165) is 0 Å². The zero-order valence-corrected chi connectivity index (χ0v) is 19.3. The third-order valence-electron chi connectivity index (χ3n) is 4.34. The van der Waals surface area contributed by atoms with E-state index < -0.39 is 64.9 Å². The highest BCUT2D eigenvalue weighted by atomic mass is 16.7. The molecule has 30 heavy (non-hydrogen) atoms. The fraction of sp³-hybridized carbons (Fsp3) is 0.857. The number of carbonyl (C=O) groups excluding carboxylic acids is 3. The first-order valence-electron chi connectivity index (χ1n) is 9.96. The first-order valence-corrected chi connectivity index (χ1v) is 9.96. The molecule has 0 aliphatic carbocycles. The Morgan fingerprint density at radius 1 is 0.733 bits per heavy atom. The molecule has 1 aliphatic heterocycles. The largest absolute Gasteiger partial charge is 0.462 e. The van der Waals surface area contributed by atoms with E-state index in [2.05, 4.69) is 0 Å². The second-order valence-corrected chi connectivity index (χ2v) is 10.6. The maximum atomic E-state index is 12.4. The molecule has 0 amide bonds. The molecular formula is C21H36O9. The fourth-order valence-corrected chi connectivity index (χ4v) is 2.28. The molecule has 2 N–H and O–H groups in total. The van der Waals surface area contributed by atoms with Gasteiger partial charge in [0.1, 0.15) is 18.8 Å². The molecule has 1 heterocycles. The molecule has 0 aromatic carbocycles. The second kappa shape index (κ2) is 9.20. The third-order valence-corrected chi connectivity index (χ3v) is 4.34. The van der Waals surface area contributed by atoms with Crippen molar-refractivity contribution in [1.82, 2.24) is 0 Å². The summed E-state index contributed by atoms with van der Waals surface area (Å²) in [5.41, 5.74) is -2.58. The lowest BCUT2D eigenvalue weighted by Crippen LogP contribution is -2.62. The van der Waals surface area contributed by atoms with E-state index in [-0.39, 0.29) is 6.61 Å². The average molecular weight is 433 g/mol. The van der Waals surface area contributed by atoms with E-state index >= 15 is 0 Å².